The molecule has 0 aromatic carbocycles. The van der Waals surface area contributed by atoms with Gasteiger partial charge in [-0.2, -0.15) is 0 Å². The molecule has 0 N–H and O–H groups in total. The van der Waals surface area contributed by atoms with Crippen LogP contribution in [-0.2, 0) is 13.1 Å². The summed E-state index contributed by atoms with van der Waals surface area (Å²) in [5.41, 5.74) is 1.01. The van der Waals surface area contributed by atoms with Gasteiger partial charge in [0.05, 0.1) is 0 Å². The lowest BCUT2D eigenvalue weighted by molar-refractivity contribution is 0.377. The summed E-state index contributed by atoms with van der Waals surface area (Å²) in [5, 5.41) is 0. The third kappa shape index (κ3) is 1.33. The molecule has 3 heteroatoms. The molecule has 0 spiro atoms. The van der Waals surface area contributed by atoms with Gasteiger partial charge in [-0.15, -0.1) is 0 Å². The van der Waals surface area contributed by atoms with Crippen LogP contribution in [0.5, 0.6) is 0 Å². The van der Waals surface area contributed by atoms with Gasteiger partial charge < -0.3 is 4.42 Å². The summed E-state index contributed by atoms with van der Waals surface area (Å²) in [4.78, 5) is 0. The van der Waals surface area contributed by atoms with Crippen LogP contribution >= 0.6 is 15.9 Å². The van der Waals surface area contributed by atoms with Crippen molar-refractivity contribution in [2.75, 3.05) is 0 Å². The molecule has 2 rings (SSSR count). The van der Waals surface area contributed by atoms with Gasteiger partial charge in [-0.3, -0.25) is 0 Å². The summed E-state index contributed by atoms with van der Waals surface area (Å²) in [6.45, 7) is -0.515. The quantitative estimate of drug-likeness (QED) is 0.721. The van der Waals surface area contributed by atoms with E-state index in [-0.39, 0.29) is 0 Å². The molecule has 0 saturated heterocycles. The smallest absolute Gasteiger partial charge is 0.147 e. The third-order valence-corrected chi connectivity index (χ3v) is 2.55. The lowest BCUT2D eigenvalue weighted by Crippen LogP contribution is -1.90. The molecule has 1 aromatic rings. The molecule has 1 heterocycles. The van der Waals surface area contributed by atoms with E-state index in [0.717, 1.165) is 28.6 Å². The average Bonchev–Trinajstić information content (AvgIpc) is 2.46. The fraction of sp³-hybridized carbons (Fsp3) is 0.333. The fourth-order valence-corrected chi connectivity index (χ4v) is 1.80. The van der Waals surface area contributed by atoms with Crippen molar-refractivity contribution in [3.63, 3.8) is 0 Å². The van der Waals surface area contributed by atoms with Crippen molar-refractivity contribution in [3.05, 3.63) is 27.6 Å². The molecule has 64 valence electrons. The number of allylic oxidation sites excluding steroid dienone is 1. The van der Waals surface area contributed by atoms with Crippen LogP contribution in [0.15, 0.2) is 15.0 Å². The summed E-state index contributed by atoms with van der Waals surface area (Å²) in [7, 11) is 0. The van der Waals surface area contributed by atoms with Crippen LogP contribution in [0.3, 0.4) is 0 Å². The normalized spacial score (nSPS) is 15.7. The molecule has 0 fully saturated rings. The second-order valence-electron chi connectivity index (χ2n) is 2.82. The van der Waals surface area contributed by atoms with E-state index in [2.05, 4.69) is 15.9 Å². The molecule has 0 atom stereocenters. The Morgan fingerprint density at radius 1 is 1.50 bits per heavy atom. The Morgan fingerprint density at radius 2 is 2.33 bits per heavy atom. The van der Waals surface area contributed by atoms with Crippen LogP contribution in [-0.4, -0.2) is 0 Å². The zero-order chi connectivity index (χ0) is 8.55. The molecule has 12 heavy (non-hydrogen) atoms. The Hall–Kier alpha value is -0.570. The van der Waals surface area contributed by atoms with Crippen LogP contribution < -0.4 is 0 Å². The molecule has 0 bridgehead atoms. The summed E-state index contributed by atoms with van der Waals surface area (Å²) in [6, 6.07) is 1.76. The maximum absolute atomic E-state index is 12.2. The minimum atomic E-state index is -0.515. The second-order valence-corrected chi connectivity index (χ2v) is 3.83. The fourth-order valence-electron chi connectivity index (χ4n) is 1.36. The van der Waals surface area contributed by atoms with Crippen LogP contribution in [0, 0.1) is 0 Å². The number of fused-ring (bicyclic) bond motifs is 1. The third-order valence-electron chi connectivity index (χ3n) is 1.93. The van der Waals surface area contributed by atoms with Gasteiger partial charge in [0, 0.05) is 12.0 Å². The molecule has 1 aliphatic rings. The van der Waals surface area contributed by atoms with Crippen molar-refractivity contribution in [3.8, 4) is 0 Å². The first kappa shape index (κ1) is 8.05. The van der Waals surface area contributed by atoms with Crippen molar-refractivity contribution in [1.82, 2.24) is 0 Å². The average molecular weight is 231 g/mol. The highest BCUT2D eigenvalue weighted by molar-refractivity contribution is 9.11. The minimum Gasteiger partial charge on any atom is -0.463 e. The van der Waals surface area contributed by atoms with Crippen molar-refractivity contribution in [1.29, 1.82) is 0 Å². The lowest BCUT2D eigenvalue weighted by atomic mass is 10.1. The Bertz CT molecular complexity index is 327. The van der Waals surface area contributed by atoms with E-state index in [4.69, 9.17) is 4.42 Å². The summed E-state index contributed by atoms with van der Waals surface area (Å²) >= 11 is 3.41. The van der Waals surface area contributed by atoms with Crippen LogP contribution in [0.4, 0.5) is 4.39 Å². The molecule has 1 aromatic heterocycles. The summed E-state index contributed by atoms with van der Waals surface area (Å²) in [6.07, 6.45) is 3.81. The first-order chi connectivity index (χ1) is 5.79. The number of halogens is 2. The maximum Gasteiger partial charge on any atom is 0.147 e. The van der Waals surface area contributed by atoms with E-state index in [1.54, 1.807) is 6.07 Å². The Labute approximate surface area is 78.4 Å². The molecule has 0 unspecified atom stereocenters. The number of alkyl halides is 1. The molecule has 1 nitrogen and oxygen atoms in total. The predicted octanol–water partition coefficient (Wildman–Crippen LogP) is 3.43. The van der Waals surface area contributed by atoms with E-state index in [1.165, 1.54) is 0 Å². The molecule has 0 aliphatic heterocycles. The van der Waals surface area contributed by atoms with E-state index in [1.807, 2.05) is 6.08 Å². The van der Waals surface area contributed by atoms with Gasteiger partial charge in [0.15, 0.2) is 0 Å². The molecular weight excluding hydrogens is 223 g/mol. The first-order valence-corrected chi connectivity index (χ1v) is 4.62. The first-order valence-electron chi connectivity index (χ1n) is 3.83. The lowest BCUT2D eigenvalue weighted by Gasteiger charge is -2.05. The molecule has 0 amide bonds. The minimum absolute atomic E-state index is 0.429. The van der Waals surface area contributed by atoms with Gasteiger partial charge in [0.2, 0.25) is 0 Å². The van der Waals surface area contributed by atoms with Crippen molar-refractivity contribution >= 4 is 22.0 Å². The summed E-state index contributed by atoms with van der Waals surface area (Å²) < 4.78 is 18.6. The molecular formula is C9H8BrFO. The SMILES string of the molecule is FCc1cc2c(o1)CCC(Br)=C2. The van der Waals surface area contributed by atoms with Crippen LogP contribution in [0.25, 0.3) is 6.08 Å². The van der Waals surface area contributed by atoms with E-state index in [9.17, 15) is 4.39 Å². The number of hydrogen-bond donors (Lipinski definition) is 0. The second kappa shape index (κ2) is 3.05. The van der Waals surface area contributed by atoms with E-state index >= 15 is 0 Å². The van der Waals surface area contributed by atoms with Crippen molar-refractivity contribution in [2.45, 2.75) is 19.5 Å². The van der Waals surface area contributed by atoms with Crippen molar-refractivity contribution in [2.24, 2.45) is 0 Å². The van der Waals surface area contributed by atoms with Gasteiger partial charge in [0.25, 0.3) is 0 Å². The maximum atomic E-state index is 12.2. The highest BCUT2D eigenvalue weighted by Crippen LogP contribution is 2.29. The Kier molecular flexibility index (Phi) is 2.05. The summed E-state index contributed by atoms with van der Waals surface area (Å²) in [5.74, 6) is 1.34. The Morgan fingerprint density at radius 3 is 3.08 bits per heavy atom. The highest BCUT2D eigenvalue weighted by atomic mass is 79.9. The number of aryl methyl sites for hydroxylation is 1. The van der Waals surface area contributed by atoms with Gasteiger partial charge >= 0.3 is 0 Å². The Balaban J connectivity index is 2.41. The van der Waals surface area contributed by atoms with E-state index in [0.29, 0.717) is 5.76 Å². The van der Waals surface area contributed by atoms with Gasteiger partial charge in [0.1, 0.15) is 18.2 Å². The van der Waals surface area contributed by atoms with Crippen LogP contribution in [0.1, 0.15) is 23.5 Å². The highest BCUT2D eigenvalue weighted by Gasteiger charge is 2.13. The van der Waals surface area contributed by atoms with Crippen molar-refractivity contribution < 1.29 is 8.81 Å². The number of hydrogen-bond acceptors (Lipinski definition) is 1. The number of furan rings is 1. The number of rotatable bonds is 1. The largest absolute Gasteiger partial charge is 0.463 e. The zero-order valence-corrected chi connectivity index (χ0v) is 8.03. The monoisotopic (exact) mass is 230 g/mol. The molecule has 0 saturated carbocycles. The zero-order valence-electron chi connectivity index (χ0n) is 6.44. The topological polar surface area (TPSA) is 13.1 Å². The molecule has 0 radical (unpaired) electrons. The predicted molar refractivity (Wildman–Crippen MR) is 48.7 cm³/mol. The standard InChI is InChI=1S/C9H8BrFO/c10-7-1-2-9-6(3-7)4-8(5-11)12-9/h3-4H,1-2,5H2. The van der Waals surface area contributed by atoms with E-state index < -0.39 is 6.67 Å². The van der Waals surface area contributed by atoms with Gasteiger partial charge in [-0.05, 0) is 23.0 Å². The molecule has 1 aliphatic carbocycles. The van der Waals surface area contributed by atoms with Gasteiger partial charge in [-0.1, -0.05) is 15.9 Å². The van der Waals surface area contributed by atoms with Gasteiger partial charge in [-0.25, -0.2) is 4.39 Å². The van der Waals surface area contributed by atoms with Crippen LogP contribution in [0.2, 0.25) is 0 Å².